The zero-order chi connectivity index (χ0) is 11.6. The Kier molecular flexibility index (Phi) is 2.66. The van der Waals surface area contributed by atoms with Gasteiger partial charge in [0, 0.05) is 11.3 Å². The van der Waals surface area contributed by atoms with Crippen molar-refractivity contribution in [3.8, 4) is 11.5 Å². The van der Waals surface area contributed by atoms with Gasteiger partial charge in [0.2, 0.25) is 15.9 Å². The number of aromatic nitrogens is 1. The fourth-order valence-electron chi connectivity index (χ4n) is 1.30. The molecular formula is C10H10N2O3S. The van der Waals surface area contributed by atoms with E-state index < -0.39 is 10.0 Å². The molecule has 0 aliphatic rings. The smallest absolute Gasteiger partial charge is 0.229 e. The molecule has 0 amide bonds. The summed E-state index contributed by atoms with van der Waals surface area (Å²) in [4.78, 5) is 3.98. The van der Waals surface area contributed by atoms with Gasteiger partial charge in [-0.3, -0.25) is 4.72 Å². The number of rotatable bonds is 3. The number of oxazole rings is 1. The van der Waals surface area contributed by atoms with Crippen LogP contribution in [0.3, 0.4) is 0 Å². The Morgan fingerprint density at radius 3 is 2.81 bits per heavy atom. The van der Waals surface area contributed by atoms with Crippen LogP contribution in [0, 0.1) is 0 Å². The molecule has 0 unspecified atom stereocenters. The second-order valence-corrected chi connectivity index (χ2v) is 5.04. The van der Waals surface area contributed by atoms with Crippen molar-refractivity contribution in [3.63, 3.8) is 0 Å². The number of nitrogens with one attached hydrogen (secondary N) is 1. The lowest BCUT2D eigenvalue weighted by Gasteiger charge is -2.04. The third-order valence-electron chi connectivity index (χ3n) is 1.85. The molecule has 0 atom stereocenters. The van der Waals surface area contributed by atoms with Gasteiger partial charge in [-0.2, -0.15) is 0 Å². The molecule has 16 heavy (non-hydrogen) atoms. The molecule has 0 radical (unpaired) electrons. The van der Waals surface area contributed by atoms with Crippen molar-refractivity contribution in [1.29, 1.82) is 0 Å². The number of anilines is 1. The summed E-state index contributed by atoms with van der Waals surface area (Å²) in [6.07, 6.45) is 4.10. The van der Waals surface area contributed by atoms with E-state index in [1.807, 2.05) is 0 Å². The first-order valence-electron chi connectivity index (χ1n) is 4.52. The van der Waals surface area contributed by atoms with E-state index in [1.54, 1.807) is 24.3 Å². The molecule has 6 heteroatoms. The Bertz CT molecular complexity index is 576. The van der Waals surface area contributed by atoms with E-state index in [-0.39, 0.29) is 0 Å². The van der Waals surface area contributed by atoms with E-state index in [0.717, 1.165) is 11.8 Å². The fourth-order valence-corrected chi connectivity index (χ4v) is 1.85. The summed E-state index contributed by atoms with van der Waals surface area (Å²) in [6, 6.07) is 6.84. The molecular weight excluding hydrogens is 228 g/mol. The van der Waals surface area contributed by atoms with Crippen LogP contribution < -0.4 is 4.72 Å². The minimum absolute atomic E-state index is 0.456. The number of nitrogens with zero attached hydrogens (tertiary/aromatic N) is 1. The van der Waals surface area contributed by atoms with Crippen LogP contribution >= 0.6 is 0 Å². The fraction of sp³-hybridized carbons (Fsp3) is 0.100. The van der Waals surface area contributed by atoms with Crippen LogP contribution in [-0.2, 0) is 10.0 Å². The number of benzene rings is 1. The summed E-state index contributed by atoms with van der Waals surface area (Å²) in [5.41, 5.74) is 1.21. The highest BCUT2D eigenvalue weighted by Gasteiger charge is 2.05. The lowest BCUT2D eigenvalue weighted by molar-refractivity contribution is 0.574. The maximum Gasteiger partial charge on any atom is 0.229 e. The molecule has 1 aromatic carbocycles. The van der Waals surface area contributed by atoms with Crippen molar-refractivity contribution in [3.05, 3.63) is 36.7 Å². The second kappa shape index (κ2) is 3.97. The van der Waals surface area contributed by atoms with Gasteiger partial charge in [0.05, 0.1) is 12.5 Å². The van der Waals surface area contributed by atoms with Crippen LogP contribution in [-0.4, -0.2) is 19.7 Å². The van der Waals surface area contributed by atoms with Gasteiger partial charge in [-0.05, 0) is 18.2 Å². The first-order valence-corrected chi connectivity index (χ1v) is 6.41. The molecule has 0 aliphatic carbocycles. The Morgan fingerprint density at radius 1 is 1.38 bits per heavy atom. The zero-order valence-corrected chi connectivity index (χ0v) is 9.36. The summed E-state index contributed by atoms with van der Waals surface area (Å²) in [7, 11) is -3.26. The van der Waals surface area contributed by atoms with E-state index in [0.29, 0.717) is 11.6 Å². The maximum atomic E-state index is 11.0. The average Bonchev–Trinajstić information content (AvgIpc) is 2.68. The third kappa shape index (κ3) is 2.60. The third-order valence-corrected chi connectivity index (χ3v) is 2.45. The highest BCUT2D eigenvalue weighted by Crippen LogP contribution is 2.21. The van der Waals surface area contributed by atoms with E-state index in [4.69, 9.17) is 4.42 Å². The molecule has 0 spiro atoms. The summed E-state index contributed by atoms with van der Waals surface area (Å²) < 4.78 is 29.6. The van der Waals surface area contributed by atoms with E-state index in [9.17, 15) is 8.42 Å². The Balaban J connectivity index is 2.34. The average molecular weight is 238 g/mol. The highest BCUT2D eigenvalue weighted by atomic mass is 32.2. The van der Waals surface area contributed by atoms with Crippen molar-refractivity contribution in [1.82, 2.24) is 4.98 Å². The number of hydrogen-bond acceptors (Lipinski definition) is 4. The lowest BCUT2D eigenvalue weighted by atomic mass is 10.2. The monoisotopic (exact) mass is 238 g/mol. The Morgan fingerprint density at radius 2 is 2.19 bits per heavy atom. The normalized spacial score (nSPS) is 11.3. The van der Waals surface area contributed by atoms with E-state index in [1.165, 1.54) is 12.5 Å². The van der Waals surface area contributed by atoms with Crippen LogP contribution in [0.25, 0.3) is 11.5 Å². The summed E-state index contributed by atoms with van der Waals surface area (Å²) >= 11 is 0. The molecule has 1 aromatic heterocycles. The largest absolute Gasteiger partial charge is 0.445 e. The molecule has 84 valence electrons. The standard InChI is InChI=1S/C10H10N2O3S/c1-16(13,14)12-9-4-2-3-8(7-9)10-11-5-6-15-10/h2-7,12H,1H3. The molecule has 2 rings (SSSR count). The van der Waals surface area contributed by atoms with Crippen molar-refractivity contribution >= 4 is 15.7 Å². The predicted octanol–water partition coefficient (Wildman–Crippen LogP) is 1.71. The Labute approximate surface area is 93.2 Å². The van der Waals surface area contributed by atoms with Gasteiger partial charge in [-0.25, -0.2) is 13.4 Å². The molecule has 1 heterocycles. The van der Waals surface area contributed by atoms with E-state index >= 15 is 0 Å². The molecule has 0 saturated carbocycles. The molecule has 5 nitrogen and oxygen atoms in total. The summed E-state index contributed by atoms with van der Waals surface area (Å²) in [6.45, 7) is 0. The Hall–Kier alpha value is -1.82. The minimum Gasteiger partial charge on any atom is -0.445 e. The van der Waals surface area contributed by atoms with Gasteiger partial charge in [0.1, 0.15) is 6.26 Å². The molecule has 2 aromatic rings. The maximum absolute atomic E-state index is 11.0. The molecule has 0 saturated heterocycles. The molecule has 1 N–H and O–H groups in total. The van der Waals surface area contributed by atoms with Crippen molar-refractivity contribution in [2.45, 2.75) is 0 Å². The quantitative estimate of drug-likeness (QED) is 0.883. The predicted molar refractivity (Wildman–Crippen MR) is 60.4 cm³/mol. The van der Waals surface area contributed by atoms with E-state index in [2.05, 4.69) is 9.71 Å². The second-order valence-electron chi connectivity index (χ2n) is 3.29. The van der Waals surface area contributed by atoms with Crippen molar-refractivity contribution in [2.24, 2.45) is 0 Å². The number of sulfonamides is 1. The van der Waals surface area contributed by atoms with Crippen molar-refractivity contribution < 1.29 is 12.8 Å². The topological polar surface area (TPSA) is 72.2 Å². The number of hydrogen-bond donors (Lipinski definition) is 1. The molecule has 0 fully saturated rings. The first-order chi connectivity index (χ1) is 7.54. The minimum atomic E-state index is -3.26. The first kappa shape index (κ1) is 10.7. The van der Waals surface area contributed by atoms with Gasteiger partial charge in [-0.1, -0.05) is 6.07 Å². The van der Waals surface area contributed by atoms with Crippen LogP contribution in [0.1, 0.15) is 0 Å². The summed E-state index contributed by atoms with van der Waals surface area (Å²) in [5.74, 6) is 0.456. The molecule has 0 bridgehead atoms. The van der Waals surface area contributed by atoms with Crippen LogP contribution in [0.4, 0.5) is 5.69 Å². The van der Waals surface area contributed by atoms with Crippen LogP contribution in [0.2, 0.25) is 0 Å². The van der Waals surface area contributed by atoms with Gasteiger partial charge >= 0.3 is 0 Å². The lowest BCUT2D eigenvalue weighted by Crippen LogP contribution is -2.09. The zero-order valence-electron chi connectivity index (χ0n) is 8.54. The van der Waals surface area contributed by atoms with Gasteiger partial charge in [0.15, 0.2) is 0 Å². The van der Waals surface area contributed by atoms with Crippen LogP contribution in [0.15, 0.2) is 41.1 Å². The van der Waals surface area contributed by atoms with Gasteiger partial charge in [0.25, 0.3) is 0 Å². The van der Waals surface area contributed by atoms with Crippen LogP contribution in [0.5, 0.6) is 0 Å². The van der Waals surface area contributed by atoms with Crippen molar-refractivity contribution in [2.75, 3.05) is 11.0 Å². The van der Waals surface area contributed by atoms with Gasteiger partial charge < -0.3 is 4.42 Å². The molecule has 0 aliphatic heterocycles. The van der Waals surface area contributed by atoms with Gasteiger partial charge in [-0.15, -0.1) is 0 Å². The SMILES string of the molecule is CS(=O)(=O)Nc1cccc(-c2ncco2)c1. The summed E-state index contributed by atoms with van der Waals surface area (Å²) in [5, 5.41) is 0. The highest BCUT2D eigenvalue weighted by molar-refractivity contribution is 7.92.